The van der Waals surface area contributed by atoms with E-state index in [2.05, 4.69) is 5.32 Å². The van der Waals surface area contributed by atoms with Crippen LogP contribution in [-0.2, 0) is 14.3 Å². The molecule has 40 heavy (non-hydrogen) atoms. The summed E-state index contributed by atoms with van der Waals surface area (Å²) < 4.78 is 6.51. The highest BCUT2D eigenvalue weighted by molar-refractivity contribution is 6.30. The van der Waals surface area contributed by atoms with E-state index in [1.54, 1.807) is 29.2 Å². The second kappa shape index (κ2) is 11.8. The van der Waals surface area contributed by atoms with Crippen LogP contribution in [-0.4, -0.2) is 47.3 Å². The first-order chi connectivity index (χ1) is 18.9. The zero-order valence-electron chi connectivity index (χ0n) is 22.9. The zero-order chi connectivity index (χ0) is 29.2. The third-order valence-corrected chi connectivity index (χ3v) is 7.35. The number of carbonyl (C=O) groups is 3. The van der Waals surface area contributed by atoms with Gasteiger partial charge in [0.15, 0.2) is 0 Å². The highest BCUT2D eigenvalue weighted by Crippen LogP contribution is 2.42. The topological polar surface area (TPSA) is 116 Å². The van der Waals surface area contributed by atoms with Gasteiger partial charge in [-0.3, -0.25) is 9.59 Å². The Morgan fingerprint density at radius 3 is 2.48 bits per heavy atom. The number of aliphatic hydroxyl groups is 1. The molecule has 210 valence electrons. The highest BCUT2D eigenvalue weighted by atomic mass is 35.5. The van der Waals surface area contributed by atoms with Gasteiger partial charge in [0, 0.05) is 40.5 Å². The molecule has 0 saturated carbocycles. The van der Waals surface area contributed by atoms with Crippen molar-refractivity contribution in [3.63, 3.8) is 0 Å². The Hall–Kier alpha value is -3.72. The van der Waals surface area contributed by atoms with Gasteiger partial charge in [0.25, 0.3) is 5.91 Å². The Morgan fingerprint density at radius 1 is 1.05 bits per heavy atom. The van der Waals surface area contributed by atoms with Gasteiger partial charge >= 0.3 is 5.97 Å². The van der Waals surface area contributed by atoms with E-state index in [1.165, 1.54) is 18.2 Å². The van der Waals surface area contributed by atoms with Crippen molar-refractivity contribution < 1.29 is 29.3 Å². The molecule has 0 unspecified atom stereocenters. The Morgan fingerprint density at radius 2 is 1.77 bits per heavy atom. The van der Waals surface area contributed by atoms with Gasteiger partial charge in [-0.05, 0) is 66.9 Å². The molecular weight excluding hydrogens is 532 g/mol. The second-order valence-corrected chi connectivity index (χ2v) is 11.3. The summed E-state index contributed by atoms with van der Waals surface area (Å²) in [6, 6.07) is 17.0. The molecule has 1 aliphatic rings. The molecule has 0 fully saturated rings. The number of nitrogens with one attached hydrogen (secondary N) is 1. The van der Waals surface area contributed by atoms with Crippen molar-refractivity contribution in [1.82, 2.24) is 0 Å². The maximum absolute atomic E-state index is 14.1. The molecule has 3 N–H and O–H groups in total. The predicted molar refractivity (Wildman–Crippen MR) is 154 cm³/mol. The van der Waals surface area contributed by atoms with E-state index in [1.807, 2.05) is 45.9 Å². The van der Waals surface area contributed by atoms with Gasteiger partial charge in [-0.1, -0.05) is 49.7 Å². The lowest BCUT2D eigenvalue weighted by atomic mass is 9.91. The summed E-state index contributed by atoms with van der Waals surface area (Å²) in [5, 5.41) is 22.5. The number of halogens is 1. The van der Waals surface area contributed by atoms with Crippen LogP contribution >= 0.6 is 11.6 Å². The number of benzene rings is 3. The molecule has 3 aromatic carbocycles. The van der Waals surface area contributed by atoms with Crippen LogP contribution in [0.25, 0.3) is 0 Å². The van der Waals surface area contributed by atoms with Crippen molar-refractivity contribution in [1.29, 1.82) is 0 Å². The third-order valence-electron chi connectivity index (χ3n) is 7.11. The first-order valence-corrected chi connectivity index (χ1v) is 13.3. The van der Waals surface area contributed by atoms with Crippen LogP contribution in [0, 0.1) is 19.3 Å². The molecule has 8 nitrogen and oxygen atoms in total. The van der Waals surface area contributed by atoms with E-state index in [9.17, 15) is 24.6 Å². The third kappa shape index (κ3) is 6.36. The number of amides is 2. The molecule has 4 rings (SSSR count). The predicted octanol–water partition coefficient (Wildman–Crippen LogP) is 5.52. The quantitative estimate of drug-likeness (QED) is 0.331. The summed E-state index contributed by atoms with van der Waals surface area (Å²) in [6.07, 6.45) is -2.18. The number of hydrogen-bond acceptors (Lipinski definition) is 5. The molecule has 0 aliphatic carbocycles. The lowest BCUT2D eigenvalue weighted by Crippen LogP contribution is -2.46. The monoisotopic (exact) mass is 564 g/mol. The van der Waals surface area contributed by atoms with Crippen molar-refractivity contribution in [3.05, 3.63) is 93.5 Å². The van der Waals surface area contributed by atoms with Crippen LogP contribution in [0.2, 0.25) is 5.02 Å². The van der Waals surface area contributed by atoms with E-state index in [-0.39, 0.29) is 25.1 Å². The number of carboxylic acid groups (broad SMARTS) is 1. The van der Waals surface area contributed by atoms with Crippen molar-refractivity contribution >= 4 is 40.8 Å². The molecule has 1 aliphatic heterocycles. The Kier molecular flexibility index (Phi) is 8.63. The number of aromatic carboxylic acids is 1. The molecule has 0 saturated heterocycles. The van der Waals surface area contributed by atoms with Crippen molar-refractivity contribution in [2.45, 2.75) is 46.3 Å². The molecule has 2 atom stereocenters. The smallest absolute Gasteiger partial charge is 0.335 e. The van der Waals surface area contributed by atoms with E-state index < -0.39 is 35.4 Å². The number of carbonyl (C=O) groups excluding carboxylic acids is 2. The van der Waals surface area contributed by atoms with Crippen LogP contribution in [0.3, 0.4) is 0 Å². The number of nitrogens with zero attached hydrogens (tertiary/aromatic N) is 1. The maximum atomic E-state index is 14.1. The van der Waals surface area contributed by atoms with Crippen LogP contribution in [0.5, 0.6) is 0 Å². The fourth-order valence-electron chi connectivity index (χ4n) is 4.76. The average molecular weight is 565 g/mol. The fourth-order valence-corrected chi connectivity index (χ4v) is 4.94. The minimum Gasteiger partial charge on any atom is -0.478 e. The van der Waals surface area contributed by atoms with Gasteiger partial charge in [0.2, 0.25) is 5.91 Å². The average Bonchev–Trinajstić information content (AvgIpc) is 3.00. The van der Waals surface area contributed by atoms with E-state index in [0.717, 1.165) is 16.7 Å². The second-order valence-electron chi connectivity index (χ2n) is 10.9. The highest BCUT2D eigenvalue weighted by Gasteiger charge is 2.40. The number of aryl methyl sites for hydroxylation is 1. The van der Waals surface area contributed by atoms with Gasteiger partial charge < -0.3 is 25.2 Å². The van der Waals surface area contributed by atoms with E-state index in [4.69, 9.17) is 16.3 Å². The molecule has 0 spiro atoms. The van der Waals surface area contributed by atoms with E-state index in [0.29, 0.717) is 22.0 Å². The summed E-state index contributed by atoms with van der Waals surface area (Å²) >= 11 is 6.44. The lowest BCUT2D eigenvalue weighted by Gasteiger charge is -2.32. The summed E-state index contributed by atoms with van der Waals surface area (Å²) in [5.41, 5.74) is 3.84. The van der Waals surface area contributed by atoms with Crippen molar-refractivity contribution in [2.24, 2.45) is 5.41 Å². The van der Waals surface area contributed by atoms with Gasteiger partial charge in [-0.25, -0.2) is 4.79 Å². The summed E-state index contributed by atoms with van der Waals surface area (Å²) in [4.78, 5) is 40.2. The minimum atomic E-state index is -1.17. The first-order valence-electron chi connectivity index (χ1n) is 13.0. The van der Waals surface area contributed by atoms with Gasteiger partial charge in [0.1, 0.15) is 12.2 Å². The van der Waals surface area contributed by atoms with Crippen LogP contribution < -0.4 is 10.2 Å². The molecule has 0 aromatic heterocycles. The van der Waals surface area contributed by atoms with Gasteiger partial charge in [-0.2, -0.15) is 0 Å². The Balaban J connectivity index is 1.77. The van der Waals surface area contributed by atoms with E-state index >= 15 is 0 Å². The van der Waals surface area contributed by atoms with Crippen LogP contribution in [0.4, 0.5) is 11.4 Å². The number of fused-ring (bicyclic) bond motifs is 1. The van der Waals surface area contributed by atoms with Crippen molar-refractivity contribution in [3.8, 4) is 0 Å². The molecular formula is C31H33ClN2O6. The molecule has 0 bridgehead atoms. The number of hydrogen-bond donors (Lipinski definition) is 3. The normalized spacial score (nSPS) is 17.2. The molecule has 0 radical (unpaired) electrons. The number of aliphatic hydroxyl groups excluding tert-OH is 1. The number of anilines is 2. The number of ether oxygens (including phenoxy) is 1. The maximum Gasteiger partial charge on any atom is 0.335 e. The first kappa shape index (κ1) is 29.3. The molecule has 1 heterocycles. The standard InChI is InChI=1S/C31H33ClN2O6/c1-18-7-5-10-23(19(18)2)28-24-14-21(32)11-12-25(24)34(16-31(3,4)17-35)29(37)26(40-28)15-27(36)33-22-9-6-8-20(13-22)30(38)39/h5-14,26,28,35H,15-17H2,1-4H3,(H,33,36)(H,38,39)/t26-,28-/m1/s1. The number of rotatable bonds is 8. The minimum absolute atomic E-state index is 0.0271. The Bertz CT molecular complexity index is 1450. The van der Waals surface area contributed by atoms with Crippen LogP contribution in [0.15, 0.2) is 60.7 Å². The Labute approximate surface area is 238 Å². The summed E-state index contributed by atoms with van der Waals surface area (Å²) in [7, 11) is 0. The molecule has 2 amide bonds. The number of carboxylic acids is 1. The lowest BCUT2D eigenvalue weighted by molar-refractivity contribution is -0.136. The van der Waals surface area contributed by atoms with Gasteiger partial charge in [0.05, 0.1) is 12.0 Å². The van der Waals surface area contributed by atoms with Crippen LogP contribution in [0.1, 0.15) is 59.0 Å². The zero-order valence-corrected chi connectivity index (χ0v) is 23.7. The van der Waals surface area contributed by atoms with Crippen molar-refractivity contribution in [2.75, 3.05) is 23.4 Å². The fraction of sp³-hybridized carbons (Fsp3) is 0.323. The largest absolute Gasteiger partial charge is 0.478 e. The summed E-state index contributed by atoms with van der Waals surface area (Å²) in [5.74, 6) is -2.05. The molecule has 3 aromatic rings. The SMILES string of the molecule is Cc1cccc([C@H]2O[C@H](CC(=O)Nc3cccc(C(=O)O)c3)C(=O)N(CC(C)(C)CO)c3ccc(Cl)cc32)c1C. The summed E-state index contributed by atoms with van der Waals surface area (Å²) in [6.45, 7) is 7.69. The van der Waals surface area contributed by atoms with Gasteiger partial charge in [-0.15, -0.1) is 0 Å². The molecule has 9 heteroatoms.